The predicted molar refractivity (Wildman–Crippen MR) is 90.0 cm³/mol. The molecule has 2 heterocycles. The van der Waals surface area contributed by atoms with Crippen molar-refractivity contribution in [3.05, 3.63) is 23.8 Å². The molecule has 1 atom stereocenters. The van der Waals surface area contributed by atoms with Crippen LogP contribution < -0.4 is 5.32 Å². The number of rotatable bonds is 4. The second kappa shape index (κ2) is 7.86. The highest BCUT2D eigenvalue weighted by Crippen LogP contribution is 2.30. The smallest absolute Gasteiger partial charge is 0.237 e. The first-order valence-electron chi connectivity index (χ1n) is 9.04. The van der Waals surface area contributed by atoms with Crippen molar-refractivity contribution in [1.29, 1.82) is 0 Å². The van der Waals surface area contributed by atoms with Crippen molar-refractivity contribution in [2.75, 3.05) is 13.6 Å². The fraction of sp³-hybridized carbons (Fsp3) is 0.722. The van der Waals surface area contributed by atoms with Gasteiger partial charge in [-0.25, -0.2) is 9.97 Å². The van der Waals surface area contributed by atoms with E-state index in [1.807, 2.05) is 12.4 Å². The summed E-state index contributed by atoms with van der Waals surface area (Å²) in [7, 11) is 1.72. The van der Waals surface area contributed by atoms with Gasteiger partial charge in [0.2, 0.25) is 5.91 Å². The standard InChI is InChI=1S/C18H28N4O/c1-19-18(23)16-9-5-6-10-22(16)13-14-11-20-17(21-12-14)15-7-3-2-4-8-15/h11-12,15-16H,2-10,13H2,1H3,(H,19,23)/t16-/m1/s1. The monoisotopic (exact) mass is 316 g/mol. The molecule has 0 radical (unpaired) electrons. The SMILES string of the molecule is CNC(=O)[C@H]1CCCCN1Cc1cnc(C2CCCCC2)nc1. The number of likely N-dealkylation sites (N-methyl/N-ethyl adjacent to an activating group) is 1. The summed E-state index contributed by atoms with van der Waals surface area (Å²) in [4.78, 5) is 23.5. The Morgan fingerprint density at radius 1 is 1.13 bits per heavy atom. The lowest BCUT2D eigenvalue weighted by Gasteiger charge is -2.34. The molecule has 0 spiro atoms. The van der Waals surface area contributed by atoms with Gasteiger partial charge in [0.15, 0.2) is 0 Å². The molecule has 5 heteroatoms. The number of nitrogens with one attached hydrogen (secondary N) is 1. The third kappa shape index (κ3) is 4.08. The molecule has 5 nitrogen and oxygen atoms in total. The third-order valence-electron chi connectivity index (χ3n) is 5.24. The highest BCUT2D eigenvalue weighted by atomic mass is 16.2. The number of hydrogen-bond donors (Lipinski definition) is 1. The molecule has 0 bridgehead atoms. The number of aromatic nitrogens is 2. The minimum absolute atomic E-state index is 0.00762. The highest BCUT2D eigenvalue weighted by Gasteiger charge is 2.28. The first-order valence-corrected chi connectivity index (χ1v) is 9.04. The summed E-state index contributed by atoms with van der Waals surface area (Å²) in [5.74, 6) is 1.69. The zero-order chi connectivity index (χ0) is 16.1. The van der Waals surface area contributed by atoms with Crippen LogP contribution in [-0.2, 0) is 11.3 Å². The molecule has 0 unspecified atom stereocenters. The highest BCUT2D eigenvalue weighted by molar-refractivity contribution is 5.81. The van der Waals surface area contributed by atoms with Crippen LogP contribution in [0.25, 0.3) is 0 Å². The average Bonchev–Trinajstić information content (AvgIpc) is 2.63. The summed E-state index contributed by atoms with van der Waals surface area (Å²) in [5, 5.41) is 2.79. The molecule has 1 aliphatic carbocycles. The van der Waals surface area contributed by atoms with E-state index in [1.165, 1.54) is 32.1 Å². The zero-order valence-electron chi connectivity index (χ0n) is 14.1. The van der Waals surface area contributed by atoms with Gasteiger partial charge < -0.3 is 5.32 Å². The van der Waals surface area contributed by atoms with Crippen molar-refractivity contribution >= 4 is 5.91 Å². The Morgan fingerprint density at radius 2 is 1.83 bits per heavy atom. The van der Waals surface area contributed by atoms with E-state index >= 15 is 0 Å². The molecule has 0 aromatic carbocycles. The van der Waals surface area contributed by atoms with Gasteiger partial charge >= 0.3 is 0 Å². The van der Waals surface area contributed by atoms with E-state index in [4.69, 9.17) is 0 Å². The van der Waals surface area contributed by atoms with Crippen molar-refractivity contribution in [3.63, 3.8) is 0 Å². The molecule has 2 fully saturated rings. The molecule has 1 aromatic rings. The van der Waals surface area contributed by atoms with E-state index in [1.54, 1.807) is 7.05 Å². The number of carbonyl (C=O) groups excluding carboxylic acids is 1. The van der Waals surface area contributed by atoms with Gasteiger partial charge in [0.1, 0.15) is 5.82 Å². The Kier molecular flexibility index (Phi) is 5.60. The number of nitrogens with zero attached hydrogens (tertiary/aromatic N) is 3. The van der Waals surface area contributed by atoms with E-state index in [2.05, 4.69) is 20.2 Å². The molecule has 1 aliphatic heterocycles. The molecule has 126 valence electrons. The number of hydrogen-bond acceptors (Lipinski definition) is 4. The Bertz CT molecular complexity index is 510. The van der Waals surface area contributed by atoms with Crippen molar-refractivity contribution in [1.82, 2.24) is 20.2 Å². The second-order valence-corrected chi connectivity index (χ2v) is 6.88. The first-order chi connectivity index (χ1) is 11.3. The molecule has 1 aromatic heterocycles. The Labute approximate surface area is 138 Å². The molecule has 2 aliphatic rings. The third-order valence-corrected chi connectivity index (χ3v) is 5.24. The van der Waals surface area contributed by atoms with Crippen LogP contribution in [0.1, 0.15) is 68.7 Å². The number of piperidine rings is 1. The zero-order valence-corrected chi connectivity index (χ0v) is 14.1. The lowest BCUT2D eigenvalue weighted by atomic mass is 9.89. The minimum Gasteiger partial charge on any atom is -0.358 e. The van der Waals surface area contributed by atoms with Gasteiger partial charge in [-0.2, -0.15) is 0 Å². The van der Waals surface area contributed by atoms with E-state index in [0.29, 0.717) is 5.92 Å². The van der Waals surface area contributed by atoms with Gasteiger partial charge in [0, 0.05) is 37.5 Å². The van der Waals surface area contributed by atoms with Crippen molar-refractivity contribution in [3.8, 4) is 0 Å². The van der Waals surface area contributed by atoms with Crippen LogP contribution in [0.5, 0.6) is 0 Å². The Hall–Kier alpha value is -1.49. The molecule has 23 heavy (non-hydrogen) atoms. The Balaban J connectivity index is 1.63. The van der Waals surface area contributed by atoms with Crippen LogP contribution in [0.4, 0.5) is 0 Å². The van der Waals surface area contributed by atoms with Crippen molar-refractivity contribution < 1.29 is 4.79 Å². The van der Waals surface area contributed by atoms with Gasteiger partial charge in [0.25, 0.3) is 0 Å². The molecule has 1 saturated heterocycles. The molecule has 1 saturated carbocycles. The van der Waals surface area contributed by atoms with Gasteiger partial charge in [-0.3, -0.25) is 9.69 Å². The maximum atomic E-state index is 12.0. The quantitative estimate of drug-likeness (QED) is 0.928. The summed E-state index contributed by atoms with van der Waals surface area (Å²) in [5.41, 5.74) is 1.11. The van der Waals surface area contributed by atoms with Crippen LogP contribution >= 0.6 is 0 Å². The van der Waals surface area contributed by atoms with Crippen LogP contribution in [0, 0.1) is 0 Å². The van der Waals surface area contributed by atoms with Crippen LogP contribution in [-0.4, -0.2) is 40.4 Å². The normalized spacial score (nSPS) is 23.6. The fourth-order valence-corrected chi connectivity index (χ4v) is 3.90. The maximum Gasteiger partial charge on any atom is 0.237 e. The predicted octanol–water partition coefficient (Wildman–Crippen LogP) is 2.62. The maximum absolute atomic E-state index is 12.0. The Morgan fingerprint density at radius 3 is 2.52 bits per heavy atom. The molecule has 3 rings (SSSR count). The van der Waals surface area contributed by atoms with Gasteiger partial charge in [-0.05, 0) is 32.2 Å². The topological polar surface area (TPSA) is 58.1 Å². The lowest BCUT2D eigenvalue weighted by molar-refractivity contribution is -0.127. The average molecular weight is 316 g/mol. The van der Waals surface area contributed by atoms with Crippen molar-refractivity contribution in [2.24, 2.45) is 0 Å². The van der Waals surface area contributed by atoms with Gasteiger partial charge in [0.05, 0.1) is 6.04 Å². The molecule has 1 amide bonds. The number of likely N-dealkylation sites (tertiary alicyclic amines) is 1. The summed E-state index contributed by atoms with van der Waals surface area (Å²) in [6, 6.07) is -0.00762. The lowest BCUT2D eigenvalue weighted by Crippen LogP contribution is -2.48. The van der Waals surface area contributed by atoms with Crippen LogP contribution in [0.3, 0.4) is 0 Å². The summed E-state index contributed by atoms with van der Waals surface area (Å²) in [6.45, 7) is 1.74. The van der Waals surface area contributed by atoms with Crippen LogP contribution in [0.2, 0.25) is 0 Å². The first kappa shape index (κ1) is 16.4. The fourth-order valence-electron chi connectivity index (χ4n) is 3.90. The van der Waals surface area contributed by atoms with E-state index in [9.17, 15) is 4.79 Å². The van der Waals surface area contributed by atoms with E-state index < -0.39 is 0 Å². The minimum atomic E-state index is -0.00762. The number of carbonyl (C=O) groups is 1. The largest absolute Gasteiger partial charge is 0.358 e. The second-order valence-electron chi connectivity index (χ2n) is 6.88. The molecule has 1 N–H and O–H groups in total. The number of amides is 1. The molecular weight excluding hydrogens is 288 g/mol. The molecular formula is C18H28N4O. The van der Waals surface area contributed by atoms with E-state index in [-0.39, 0.29) is 11.9 Å². The van der Waals surface area contributed by atoms with Crippen LogP contribution in [0.15, 0.2) is 12.4 Å². The van der Waals surface area contributed by atoms with Gasteiger partial charge in [-0.15, -0.1) is 0 Å². The van der Waals surface area contributed by atoms with Crippen molar-refractivity contribution in [2.45, 2.75) is 69.9 Å². The van der Waals surface area contributed by atoms with Gasteiger partial charge in [-0.1, -0.05) is 25.7 Å². The van der Waals surface area contributed by atoms with E-state index in [0.717, 1.165) is 43.7 Å². The summed E-state index contributed by atoms with van der Waals surface area (Å²) < 4.78 is 0. The summed E-state index contributed by atoms with van der Waals surface area (Å²) >= 11 is 0. The summed E-state index contributed by atoms with van der Waals surface area (Å²) in [6.07, 6.45) is 13.6.